The first kappa shape index (κ1) is 30.0. The van der Waals surface area contributed by atoms with Gasteiger partial charge in [-0.1, -0.05) is 48.0 Å². The highest BCUT2D eigenvalue weighted by Crippen LogP contribution is 2.22. The van der Waals surface area contributed by atoms with Gasteiger partial charge in [-0.15, -0.1) is 0 Å². The van der Waals surface area contributed by atoms with Crippen LogP contribution in [0.15, 0.2) is 48.5 Å². The maximum absolute atomic E-state index is 13.8. The minimum absolute atomic E-state index is 0.186. The van der Waals surface area contributed by atoms with Gasteiger partial charge >= 0.3 is 0 Å². The van der Waals surface area contributed by atoms with E-state index in [-0.39, 0.29) is 43.6 Å². The number of benzene rings is 2. The molecule has 2 atom stereocenters. The molecule has 3 amide bonds. The van der Waals surface area contributed by atoms with Crippen LogP contribution >= 0.6 is 11.6 Å². The number of rotatable bonds is 11. The molecule has 2 saturated heterocycles. The number of hydrogen-bond acceptors (Lipinski definition) is 6. The van der Waals surface area contributed by atoms with Gasteiger partial charge in [0.1, 0.15) is 12.1 Å². The summed E-state index contributed by atoms with van der Waals surface area (Å²) in [5, 5.41) is 3.39. The van der Waals surface area contributed by atoms with Crippen molar-refractivity contribution in [3.05, 3.63) is 70.2 Å². The molecule has 2 heterocycles. The molecular weight excluding hydrogens is 554 g/mol. The van der Waals surface area contributed by atoms with E-state index in [1.807, 2.05) is 0 Å². The van der Waals surface area contributed by atoms with Crippen LogP contribution < -0.4 is 15.8 Å². The second kappa shape index (κ2) is 13.6. The number of nitrogens with zero attached hydrogens (tertiary/aromatic N) is 2. The zero-order valence-corrected chi connectivity index (χ0v) is 23.9. The van der Waals surface area contributed by atoms with Crippen molar-refractivity contribution in [2.24, 2.45) is 5.73 Å². The fraction of sp³-hybridized carbons (Fsp3) is 0.464. The SMILES string of the molecule is NCc1ccc(Cl)cc1CNC(=O)C1CCCN1C(=O)C(CC(=O)N1CCCC1)NS(=O)(=O)Cc1ccccc1. The minimum Gasteiger partial charge on any atom is -0.350 e. The van der Waals surface area contributed by atoms with Crippen molar-refractivity contribution in [2.75, 3.05) is 19.6 Å². The molecule has 0 bridgehead atoms. The number of carbonyl (C=O) groups is 3. The van der Waals surface area contributed by atoms with Crippen LogP contribution in [0.25, 0.3) is 0 Å². The average molecular weight is 590 g/mol. The van der Waals surface area contributed by atoms with Crippen LogP contribution in [-0.4, -0.2) is 67.7 Å². The van der Waals surface area contributed by atoms with E-state index in [9.17, 15) is 22.8 Å². The van der Waals surface area contributed by atoms with Gasteiger partial charge in [0.2, 0.25) is 27.7 Å². The van der Waals surface area contributed by atoms with Crippen molar-refractivity contribution in [1.82, 2.24) is 19.8 Å². The Labute approximate surface area is 240 Å². The highest BCUT2D eigenvalue weighted by molar-refractivity contribution is 7.88. The molecular formula is C28H36ClN5O5S. The first-order chi connectivity index (χ1) is 19.2. The van der Waals surface area contributed by atoms with Gasteiger partial charge in [0, 0.05) is 37.7 Å². The second-order valence-corrected chi connectivity index (χ2v) is 12.4. The molecule has 10 nitrogen and oxygen atoms in total. The number of nitrogens with two attached hydrogens (primary N) is 1. The van der Waals surface area contributed by atoms with Crippen molar-refractivity contribution in [3.8, 4) is 0 Å². The van der Waals surface area contributed by atoms with Gasteiger partial charge in [-0.2, -0.15) is 0 Å². The molecule has 4 rings (SSSR count). The van der Waals surface area contributed by atoms with Gasteiger partial charge in [-0.05, 0) is 54.5 Å². The molecule has 2 aromatic rings. The Kier molecular flexibility index (Phi) is 10.2. The Morgan fingerprint density at radius 3 is 2.42 bits per heavy atom. The topological polar surface area (TPSA) is 142 Å². The maximum Gasteiger partial charge on any atom is 0.243 e. The Hall–Kier alpha value is -2.99. The highest BCUT2D eigenvalue weighted by atomic mass is 35.5. The Morgan fingerprint density at radius 1 is 1.00 bits per heavy atom. The zero-order chi connectivity index (χ0) is 28.7. The standard InChI is InChI=1S/C28H36ClN5O5S/c29-23-11-10-21(17-30)22(15-23)18-31-27(36)25-9-6-14-34(25)28(37)24(16-26(35)33-12-4-5-13-33)32-40(38,39)19-20-7-2-1-3-8-20/h1-3,7-8,10-11,15,24-25,32H,4-6,9,12-14,16-19,30H2,(H,31,36). The lowest BCUT2D eigenvalue weighted by molar-refractivity contribution is -0.142. The number of likely N-dealkylation sites (tertiary alicyclic amines) is 2. The molecule has 216 valence electrons. The first-order valence-corrected chi connectivity index (χ1v) is 15.6. The van der Waals surface area contributed by atoms with Gasteiger partial charge in [-0.3, -0.25) is 14.4 Å². The summed E-state index contributed by atoms with van der Waals surface area (Å²) in [6.07, 6.45) is 2.45. The lowest BCUT2D eigenvalue weighted by Crippen LogP contribution is -2.54. The largest absolute Gasteiger partial charge is 0.350 e. The molecule has 2 aromatic carbocycles. The Bertz CT molecular complexity index is 1320. The van der Waals surface area contributed by atoms with Crippen LogP contribution in [0, 0.1) is 0 Å². The third kappa shape index (κ3) is 7.81. The highest BCUT2D eigenvalue weighted by Gasteiger charge is 2.39. The van der Waals surface area contributed by atoms with E-state index in [1.165, 1.54) is 4.90 Å². The van der Waals surface area contributed by atoms with Crippen LogP contribution in [0.5, 0.6) is 0 Å². The number of halogens is 1. The quantitative estimate of drug-likeness (QED) is 0.365. The van der Waals surface area contributed by atoms with Gasteiger partial charge in [-0.25, -0.2) is 13.1 Å². The second-order valence-electron chi connectivity index (χ2n) is 10.2. The summed E-state index contributed by atoms with van der Waals surface area (Å²) < 4.78 is 28.7. The maximum atomic E-state index is 13.8. The predicted octanol–water partition coefficient (Wildman–Crippen LogP) is 1.91. The van der Waals surface area contributed by atoms with Gasteiger partial charge in [0.25, 0.3) is 0 Å². The summed E-state index contributed by atoms with van der Waals surface area (Å²) in [4.78, 5) is 43.0. The van der Waals surface area contributed by atoms with Gasteiger partial charge in [0.05, 0.1) is 12.2 Å². The van der Waals surface area contributed by atoms with E-state index in [0.717, 1.165) is 24.0 Å². The van der Waals surface area contributed by atoms with Crippen molar-refractivity contribution in [2.45, 2.75) is 63.0 Å². The van der Waals surface area contributed by atoms with E-state index in [4.69, 9.17) is 17.3 Å². The zero-order valence-electron chi connectivity index (χ0n) is 22.4. The normalized spacial score (nSPS) is 18.1. The summed E-state index contributed by atoms with van der Waals surface area (Å²) in [7, 11) is -3.97. The molecule has 40 heavy (non-hydrogen) atoms. The minimum atomic E-state index is -3.97. The van der Waals surface area contributed by atoms with Crippen LogP contribution in [0.1, 0.15) is 48.8 Å². The average Bonchev–Trinajstić information content (AvgIpc) is 3.64. The van der Waals surface area contributed by atoms with Crippen LogP contribution in [0.4, 0.5) is 0 Å². The predicted molar refractivity (Wildman–Crippen MR) is 152 cm³/mol. The summed E-state index contributed by atoms with van der Waals surface area (Å²) in [5.74, 6) is -1.55. The molecule has 0 spiro atoms. The van der Waals surface area contributed by atoms with Crippen molar-refractivity contribution >= 4 is 39.3 Å². The van der Waals surface area contributed by atoms with Crippen LogP contribution in [0.3, 0.4) is 0 Å². The molecule has 0 aromatic heterocycles. The number of nitrogens with one attached hydrogen (secondary N) is 2. The summed E-state index contributed by atoms with van der Waals surface area (Å²) in [6.45, 7) is 1.92. The molecule has 0 radical (unpaired) electrons. The summed E-state index contributed by atoms with van der Waals surface area (Å²) >= 11 is 6.11. The Balaban J connectivity index is 1.48. The van der Waals surface area contributed by atoms with E-state index in [1.54, 1.807) is 53.4 Å². The molecule has 0 saturated carbocycles. The number of carbonyl (C=O) groups excluding carboxylic acids is 3. The first-order valence-electron chi connectivity index (χ1n) is 13.5. The molecule has 2 aliphatic rings. The van der Waals surface area contributed by atoms with Crippen LogP contribution in [-0.2, 0) is 43.2 Å². The molecule has 2 aliphatic heterocycles. The third-order valence-corrected chi connectivity index (χ3v) is 8.93. The molecule has 0 aliphatic carbocycles. The van der Waals surface area contributed by atoms with Crippen molar-refractivity contribution in [1.29, 1.82) is 0 Å². The van der Waals surface area contributed by atoms with Crippen molar-refractivity contribution < 1.29 is 22.8 Å². The van der Waals surface area contributed by atoms with E-state index >= 15 is 0 Å². The number of amides is 3. The van der Waals surface area contributed by atoms with E-state index in [2.05, 4.69) is 10.0 Å². The molecule has 4 N–H and O–H groups in total. The number of sulfonamides is 1. The Morgan fingerprint density at radius 2 is 1.73 bits per heavy atom. The third-order valence-electron chi connectivity index (χ3n) is 7.34. The molecule has 12 heteroatoms. The summed E-state index contributed by atoms with van der Waals surface area (Å²) in [5.41, 5.74) is 8.00. The lowest BCUT2D eigenvalue weighted by Gasteiger charge is -2.29. The van der Waals surface area contributed by atoms with E-state index < -0.39 is 28.0 Å². The van der Waals surface area contributed by atoms with E-state index in [0.29, 0.717) is 36.5 Å². The van der Waals surface area contributed by atoms with Gasteiger partial charge in [0.15, 0.2) is 0 Å². The molecule has 2 fully saturated rings. The fourth-order valence-electron chi connectivity index (χ4n) is 5.26. The lowest BCUT2D eigenvalue weighted by atomic mass is 10.1. The molecule has 2 unspecified atom stereocenters. The fourth-order valence-corrected chi connectivity index (χ4v) is 6.79. The van der Waals surface area contributed by atoms with Gasteiger partial charge < -0.3 is 20.9 Å². The summed E-state index contributed by atoms with van der Waals surface area (Å²) in [6, 6.07) is 11.8. The smallest absolute Gasteiger partial charge is 0.243 e. The van der Waals surface area contributed by atoms with Crippen LogP contribution in [0.2, 0.25) is 5.02 Å². The monoisotopic (exact) mass is 589 g/mol. The van der Waals surface area contributed by atoms with Crippen molar-refractivity contribution in [3.63, 3.8) is 0 Å². The number of hydrogen-bond donors (Lipinski definition) is 3.